The molecule has 0 unspecified atom stereocenters. The minimum Gasteiger partial charge on any atom is -0.355 e. The molecule has 38 heavy (non-hydrogen) atoms. The normalized spacial score (nSPS) is 12.9. The second-order valence-electron chi connectivity index (χ2n) is 9.82. The monoisotopic (exact) mass is 485 g/mol. The lowest BCUT2D eigenvalue weighted by atomic mass is 9.67. The molecule has 1 heteroatoms. The van der Waals surface area contributed by atoms with Crippen LogP contribution in [0.2, 0.25) is 0 Å². The fourth-order valence-electron chi connectivity index (χ4n) is 6.16. The van der Waals surface area contributed by atoms with Crippen molar-refractivity contribution in [3.63, 3.8) is 0 Å². The van der Waals surface area contributed by atoms with Gasteiger partial charge in [0.15, 0.2) is 0 Å². The topological polar surface area (TPSA) is 12.0 Å². The Kier molecular flexibility index (Phi) is 5.41. The van der Waals surface area contributed by atoms with E-state index in [1.807, 2.05) is 0 Å². The summed E-state index contributed by atoms with van der Waals surface area (Å²) in [7, 11) is 0. The Balaban J connectivity index is 1.42. The molecule has 1 nitrogen and oxygen atoms in total. The van der Waals surface area contributed by atoms with Gasteiger partial charge in [0.05, 0.1) is 5.41 Å². The summed E-state index contributed by atoms with van der Waals surface area (Å²) in [5.41, 5.74) is 12.0. The summed E-state index contributed by atoms with van der Waals surface area (Å²) in [5, 5.41) is 3.75. The molecule has 0 saturated heterocycles. The lowest BCUT2D eigenvalue weighted by molar-refractivity contribution is 0.769. The van der Waals surface area contributed by atoms with Gasteiger partial charge in [-0.25, -0.2) is 0 Å². The van der Waals surface area contributed by atoms with Crippen molar-refractivity contribution in [2.24, 2.45) is 0 Å². The lowest BCUT2D eigenvalue weighted by Crippen LogP contribution is -2.28. The van der Waals surface area contributed by atoms with E-state index in [9.17, 15) is 0 Å². The quantitative estimate of drug-likeness (QED) is 0.256. The van der Waals surface area contributed by atoms with E-state index >= 15 is 0 Å². The van der Waals surface area contributed by atoms with Crippen LogP contribution >= 0.6 is 0 Å². The number of benzene rings is 6. The van der Waals surface area contributed by atoms with Crippen LogP contribution in [0.1, 0.15) is 22.3 Å². The third-order valence-electron chi connectivity index (χ3n) is 7.75. The van der Waals surface area contributed by atoms with Crippen LogP contribution in [0.5, 0.6) is 0 Å². The van der Waals surface area contributed by atoms with Gasteiger partial charge in [-0.05, 0) is 57.1 Å². The molecule has 6 aromatic carbocycles. The molecule has 1 N–H and O–H groups in total. The van der Waals surface area contributed by atoms with Crippen molar-refractivity contribution < 1.29 is 0 Å². The molecule has 6 aromatic rings. The van der Waals surface area contributed by atoms with Gasteiger partial charge in [-0.3, -0.25) is 0 Å². The zero-order valence-electron chi connectivity index (χ0n) is 21.0. The first-order valence-electron chi connectivity index (χ1n) is 13.1. The van der Waals surface area contributed by atoms with Crippen molar-refractivity contribution >= 4 is 11.4 Å². The van der Waals surface area contributed by atoms with Gasteiger partial charge < -0.3 is 5.32 Å². The molecule has 0 bridgehead atoms. The maximum atomic E-state index is 3.75. The molecule has 0 amide bonds. The van der Waals surface area contributed by atoms with E-state index in [0.29, 0.717) is 0 Å². The Morgan fingerprint density at radius 1 is 0.395 bits per heavy atom. The van der Waals surface area contributed by atoms with Gasteiger partial charge in [-0.2, -0.15) is 0 Å². The van der Waals surface area contributed by atoms with E-state index in [0.717, 1.165) is 11.4 Å². The average molecular weight is 486 g/mol. The predicted octanol–water partition coefficient (Wildman–Crippen LogP) is 9.46. The zero-order valence-corrected chi connectivity index (χ0v) is 21.0. The highest BCUT2D eigenvalue weighted by Gasteiger charge is 2.45. The Bertz CT molecular complexity index is 1690. The average Bonchev–Trinajstić information content (AvgIpc) is 3.30. The van der Waals surface area contributed by atoms with Gasteiger partial charge in [0.25, 0.3) is 0 Å². The SMILES string of the molecule is c1ccc(-c2ccccc2Nc2cccc(C3(c4ccccc4)c4ccccc4-c4ccccc43)c2)cc1. The summed E-state index contributed by atoms with van der Waals surface area (Å²) < 4.78 is 0. The van der Waals surface area contributed by atoms with Crippen LogP contribution in [-0.2, 0) is 5.41 Å². The van der Waals surface area contributed by atoms with E-state index in [1.54, 1.807) is 0 Å². The molecule has 180 valence electrons. The standard InChI is InChI=1S/C37H27N/c1-3-14-27(15-4-1)31-20-9-12-25-36(31)38-30-19-13-18-29(26-30)37(28-16-5-2-6-17-28)34-23-10-7-21-32(34)33-22-8-11-24-35(33)37/h1-26,38H. The highest BCUT2D eigenvalue weighted by atomic mass is 14.9. The van der Waals surface area contributed by atoms with Crippen LogP contribution in [0.25, 0.3) is 22.3 Å². The van der Waals surface area contributed by atoms with Crippen LogP contribution in [0.3, 0.4) is 0 Å². The van der Waals surface area contributed by atoms with Crippen LogP contribution in [0.4, 0.5) is 11.4 Å². The predicted molar refractivity (Wildman–Crippen MR) is 159 cm³/mol. The van der Waals surface area contributed by atoms with Gasteiger partial charge in [0.2, 0.25) is 0 Å². The molecule has 1 aliphatic rings. The Morgan fingerprint density at radius 2 is 0.921 bits per heavy atom. The zero-order chi connectivity index (χ0) is 25.4. The first-order chi connectivity index (χ1) is 18.9. The van der Waals surface area contributed by atoms with Gasteiger partial charge in [-0.1, -0.05) is 140 Å². The smallest absolute Gasteiger partial charge is 0.0714 e. The molecule has 1 aliphatic carbocycles. The largest absolute Gasteiger partial charge is 0.355 e. The van der Waals surface area contributed by atoms with E-state index in [-0.39, 0.29) is 0 Å². The van der Waals surface area contributed by atoms with Crippen LogP contribution in [0.15, 0.2) is 158 Å². The molecule has 0 aromatic heterocycles. The fourth-order valence-corrected chi connectivity index (χ4v) is 6.16. The summed E-state index contributed by atoms with van der Waals surface area (Å²) in [5.74, 6) is 0. The number of rotatable bonds is 5. The summed E-state index contributed by atoms with van der Waals surface area (Å²) in [6.45, 7) is 0. The highest BCUT2D eigenvalue weighted by Crippen LogP contribution is 2.56. The number of hydrogen-bond acceptors (Lipinski definition) is 1. The molecule has 7 rings (SSSR count). The molecule has 0 atom stereocenters. The van der Waals surface area contributed by atoms with E-state index in [1.165, 1.54) is 44.5 Å². The van der Waals surface area contributed by atoms with Crippen LogP contribution in [-0.4, -0.2) is 0 Å². The van der Waals surface area contributed by atoms with Crippen molar-refractivity contribution in [2.75, 3.05) is 5.32 Å². The number of anilines is 2. The highest BCUT2D eigenvalue weighted by molar-refractivity contribution is 5.87. The molecule has 0 aliphatic heterocycles. The van der Waals surface area contributed by atoms with Gasteiger partial charge in [0, 0.05) is 16.9 Å². The second-order valence-corrected chi connectivity index (χ2v) is 9.82. The first-order valence-corrected chi connectivity index (χ1v) is 13.1. The maximum Gasteiger partial charge on any atom is 0.0714 e. The summed E-state index contributed by atoms with van der Waals surface area (Å²) in [4.78, 5) is 0. The van der Waals surface area contributed by atoms with Gasteiger partial charge >= 0.3 is 0 Å². The summed E-state index contributed by atoms with van der Waals surface area (Å²) >= 11 is 0. The van der Waals surface area contributed by atoms with Crippen LogP contribution < -0.4 is 5.32 Å². The van der Waals surface area contributed by atoms with E-state index < -0.39 is 5.41 Å². The molecule has 0 spiro atoms. The lowest BCUT2D eigenvalue weighted by Gasteiger charge is -2.34. The minimum absolute atomic E-state index is 0.398. The van der Waals surface area contributed by atoms with E-state index in [2.05, 4.69) is 163 Å². The van der Waals surface area contributed by atoms with Gasteiger partial charge in [-0.15, -0.1) is 0 Å². The van der Waals surface area contributed by atoms with Crippen molar-refractivity contribution in [2.45, 2.75) is 5.41 Å². The minimum atomic E-state index is -0.398. The Morgan fingerprint density at radius 3 is 1.61 bits per heavy atom. The Hall–Kier alpha value is -4.88. The van der Waals surface area contributed by atoms with Crippen molar-refractivity contribution in [3.8, 4) is 22.3 Å². The molecule has 0 saturated carbocycles. The molecular formula is C37H27N. The van der Waals surface area contributed by atoms with Crippen LogP contribution in [0, 0.1) is 0 Å². The van der Waals surface area contributed by atoms with Crippen molar-refractivity contribution in [1.82, 2.24) is 0 Å². The fraction of sp³-hybridized carbons (Fsp3) is 0.0270. The number of fused-ring (bicyclic) bond motifs is 3. The third kappa shape index (κ3) is 3.48. The number of hydrogen-bond donors (Lipinski definition) is 1. The molecule has 0 heterocycles. The van der Waals surface area contributed by atoms with E-state index in [4.69, 9.17) is 0 Å². The van der Waals surface area contributed by atoms with Crippen molar-refractivity contribution in [1.29, 1.82) is 0 Å². The second kappa shape index (κ2) is 9.21. The molecule has 0 radical (unpaired) electrons. The Labute approximate surface area is 224 Å². The number of nitrogens with one attached hydrogen (secondary N) is 1. The summed E-state index contributed by atoms with van der Waals surface area (Å²) in [6.07, 6.45) is 0. The molecular weight excluding hydrogens is 458 g/mol. The maximum absolute atomic E-state index is 3.75. The third-order valence-corrected chi connectivity index (χ3v) is 7.75. The van der Waals surface area contributed by atoms with Crippen molar-refractivity contribution in [3.05, 3.63) is 180 Å². The first kappa shape index (κ1) is 22.3. The molecule has 0 fully saturated rings. The number of para-hydroxylation sites is 1. The van der Waals surface area contributed by atoms with Gasteiger partial charge in [0.1, 0.15) is 0 Å². The summed E-state index contributed by atoms with van der Waals surface area (Å²) in [6, 6.07) is 56.7.